The standard InChI is InChI=1S/C12H10ClFN2/c13-10-5-2-6-11(15)12(10)16-9-4-1-3-8(14)7-9/h1-7,16H,15H2. The van der Waals surface area contributed by atoms with E-state index in [9.17, 15) is 4.39 Å². The number of nitrogens with two attached hydrogens (primary N) is 1. The van der Waals surface area contributed by atoms with Crippen molar-refractivity contribution in [2.24, 2.45) is 0 Å². The minimum Gasteiger partial charge on any atom is -0.397 e. The van der Waals surface area contributed by atoms with Gasteiger partial charge in [-0.25, -0.2) is 4.39 Å². The summed E-state index contributed by atoms with van der Waals surface area (Å²) >= 11 is 5.98. The number of hydrogen-bond acceptors (Lipinski definition) is 2. The van der Waals surface area contributed by atoms with Crippen molar-refractivity contribution in [3.8, 4) is 0 Å². The Bertz CT molecular complexity index is 494. The van der Waals surface area contributed by atoms with Crippen LogP contribution in [0.2, 0.25) is 5.02 Å². The molecule has 0 bridgehead atoms. The Labute approximate surface area is 97.8 Å². The van der Waals surface area contributed by atoms with Crippen molar-refractivity contribution >= 4 is 28.7 Å². The van der Waals surface area contributed by atoms with Crippen LogP contribution >= 0.6 is 11.6 Å². The first-order chi connectivity index (χ1) is 7.66. The van der Waals surface area contributed by atoms with E-state index in [4.69, 9.17) is 17.3 Å². The van der Waals surface area contributed by atoms with E-state index in [-0.39, 0.29) is 5.82 Å². The Morgan fingerprint density at radius 1 is 1.12 bits per heavy atom. The highest BCUT2D eigenvalue weighted by Gasteiger charge is 2.04. The molecule has 2 aromatic rings. The summed E-state index contributed by atoms with van der Waals surface area (Å²) in [6, 6.07) is 11.3. The summed E-state index contributed by atoms with van der Waals surface area (Å²) in [5.41, 5.74) is 7.49. The SMILES string of the molecule is Nc1cccc(Cl)c1Nc1cccc(F)c1. The fourth-order valence-electron chi connectivity index (χ4n) is 1.38. The van der Waals surface area contributed by atoms with Crippen molar-refractivity contribution < 1.29 is 4.39 Å². The largest absolute Gasteiger partial charge is 0.397 e. The van der Waals surface area contributed by atoms with E-state index in [1.165, 1.54) is 12.1 Å². The molecule has 2 rings (SSSR count). The number of nitrogens with one attached hydrogen (secondary N) is 1. The molecule has 2 nitrogen and oxygen atoms in total. The monoisotopic (exact) mass is 236 g/mol. The lowest BCUT2D eigenvalue weighted by Gasteiger charge is -2.10. The van der Waals surface area contributed by atoms with Crippen LogP contribution in [0.15, 0.2) is 42.5 Å². The molecule has 4 heteroatoms. The van der Waals surface area contributed by atoms with Gasteiger partial charge in [-0.2, -0.15) is 0 Å². The molecule has 2 aromatic carbocycles. The van der Waals surface area contributed by atoms with Gasteiger partial charge in [0.25, 0.3) is 0 Å². The average molecular weight is 237 g/mol. The van der Waals surface area contributed by atoms with Crippen LogP contribution in [-0.2, 0) is 0 Å². The highest BCUT2D eigenvalue weighted by Crippen LogP contribution is 2.30. The molecule has 0 aliphatic rings. The third kappa shape index (κ3) is 2.25. The van der Waals surface area contributed by atoms with Crippen molar-refractivity contribution in [1.29, 1.82) is 0 Å². The minimum absolute atomic E-state index is 0.310. The Hall–Kier alpha value is -1.74. The van der Waals surface area contributed by atoms with Crippen LogP contribution in [-0.4, -0.2) is 0 Å². The minimum atomic E-state index is -0.310. The summed E-state index contributed by atoms with van der Waals surface area (Å²) in [5, 5.41) is 3.49. The molecule has 0 saturated heterocycles. The summed E-state index contributed by atoms with van der Waals surface area (Å²) < 4.78 is 13.0. The van der Waals surface area contributed by atoms with Crippen LogP contribution < -0.4 is 11.1 Å². The normalized spacial score (nSPS) is 10.1. The van der Waals surface area contributed by atoms with Crippen LogP contribution in [0, 0.1) is 5.82 Å². The van der Waals surface area contributed by atoms with E-state index in [2.05, 4.69) is 5.32 Å². The molecule has 0 heterocycles. The number of rotatable bonds is 2. The molecular formula is C12H10ClFN2. The van der Waals surface area contributed by atoms with Gasteiger partial charge >= 0.3 is 0 Å². The van der Waals surface area contributed by atoms with Gasteiger partial charge in [-0.15, -0.1) is 0 Å². The summed E-state index contributed by atoms with van der Waals surface area (Å²) in [6.07, 6.45) is 0. The van der Waals surface area contributed by atoms with Crippen LogP contribution in [0.1, 0.15) is 0 Å². The van der Waals surface area contributed by atoms with Crippen molar-refractivity contribution in [1.82, 2.24) is 0 Å². The number of para-hydroxylation sites is 1. The smallest absolute Gasteiger partial charge is 0.125 e. The summed E-state index contributed by atoms with van der Waals surface area (Å²) in [6.45, 7) is 0. The first-order valence-electron chi connectivity index (χ1n) is 4.73. The van der Waals surface area contributed by atoms with Gasteiger partial charge < -0.3 is 11.1 Å². The van der Waals surface area contributed by atoms with Crippen LogP contribution in [0.3, 0.4) is 0 Å². The van der Waals surface area contributed by atoms with E-state index >= 15 is 0 Å². The molecular weight excluding hydrogens is 227 g/mol. The molecule has 0 aliphatic heterocycles. The van der Waals surface area contributed by atoms with Crippen molar-refractivity contribution in [3.05, 3.63) is 53.3 Å². The molecule has 16 heavy (non-hydrogen) atoms. The molecule has 3 N–H and O–H groups in total. The zero-order valence-electron chi connectivity index (χ0n) is 8.37. The van der Waals surface area contributed by atoms with E-state index in [1.54, 1.807) is 30.3 Å². The maximum absolute atomic E-state index is 13.0. The van der Waals surface area contributed by atoms with E-state index in [0.717, 1.165) is 0 Å². The second-order valence-electron chi connectivity index (χ2n) is 3.34. The Balaban J connectivity index is 2.34. The number of halogens is 2. The van der Waals surface area contributed by atoms with Crippen molar-refractivity contribution in [2.75, 3.05) is 11.1 Å². The van der Waals surface area contributed by atoms with Gasteiger partial charge in [0.1, 0.15) is 5.82 Å². The molecule has 0 fully saturated rings. The molecule has 0 radical (unpaired) electrons. The molecule has 0 atom stereocenters. The molecule has 0 aromatic heterocycles. The molecule has 82 valence electrons. The number of benzene rings is 2. The van der Waals surface area contributed by atoms with Gasteiger partial charge in [0, 0.05) is 5.69 Å². The highest BCUT2D eigenvalue weighted by molar-refractivity contribution is 6.34. The quantitative estimate of drug-likeness (QED) is 0.779. The van der Waals surface area contributed by atoms with Crippen molar-refractivity contribution in [3.63, 3.8) is 0 Å². The van der Waals surface area contributed by atoms with Gasteiger partial charge in [-0.05, 0) is 30.3 Å². The lowest BCUT2D eigenvalue weighted by atomic mass is 10.2. The van der Waals surface area contributed by atoms with Gasteiger partial charge in [-0.3, -0.25) is 0 Å². The molecule has 0 unspecified atom stereocenters. The Morgan fingerprint density at radius 3 is 2.56 bits per heavy atom. The molecule has 0 aliphatic carbocycles. The van der Waals surface area contributed by atoms with E-state index < -0.39 is 0 Å². The van der Waals surface area contributed by atoms with Crippen LogP contribution in [0.4, 0.5) is 21.5 Å². The number of hydrogen-bond donors (Lipinski definition) is 2. The first kappa shape index (κ1) is 10.8. The number of nitrogen functional groups attached to an aromatic ring is 1. The van der Waals surface area contributed by atoms with Gasteiger partial charge in [0.2, 0.25) is 0 Å². The fraction of sp³-hybridized carbons (Fsp3) is 0. The molecule has 0 spiro atoms. The highest BCUT2D eigenvalue weighted by atomic mass is 35.5. The lowest BCUT2D eigenvalue weighted by molar-refractivity contribution is 0.628. The molecule has 0 amide bonds. The average Bonchev–Trinajstić information content (AvgIpc) is 2.24. The second kappa shape index (κ2) is 4.41. The Kier molecular flexibility index (Phi) is 2.97. The van der Waals surface area contributed by atoms with E-state index in [1.807, 2.05) is 0 Å². The van der Waals surface area contributed by atoms with Crippen LogP contribution in [0.5, 0.6) is 0 Å². The summed E-state index contributed by atoms with van der Waals surface area (Å²) in [5.74, 6) is -0.310. The second-order valence-corrected chi connectivity index (χ2v) is 3.75. The van der Waals surface area contributed by atoms with Gasteiger partial charge in [-0.1, -0.05) is 23.7 Å². The number of anilines is 3. The predicted octanol–water partition coefficient (Wildman–Crippen LogP) is 3.80. The Morgan fingerprint density at radius 2 is 1.88 bits per heavy atom. The maximum atomic E-state index is 13.0. The third-order valence-corrected chi connectivity index (χ3v) is 2.45. The summed E-state index contributed by atoms with van der Waals surface area (Å²) in [4.78, 5) is 0. The zero-order valence-corrected chi connectivity index (χ0v) is 9.13. The maximum Gasteiger partial charge on any atom is 0.125 e. The topological polar surface area (TPSA) is 38.0 Å². The van der Waals surface area contributed by atoms with Crippen LogP contribution in [0.25, 0.3) is 0 Å². The summed E-state index contributed by atoms with van der Waals surface area (Å²) in [7, 11) is 0. The third-order valence-electron chi connectivity index (χ3n) is 2.14. The fourth-order valence-corrected chi connectivity index (χ4v) is 1.61. The van der Waals surface area contributed by atoms with Gasteiger partial charge in [0.15, 0.2) is 0 Å². The molecule has 0 saturated carbocycles. The van der Waals surface area contributed by atoms with Gasteiger partial charge in [0.05, 0.1) is 16.4 Å². The predicted molar refractivity (Wildman–Crippen MR) is 65.5 cm³/mol. The van der Waals surface area contributed by atoms with E-state index in [0.29, 0.717) is 22.1 Å². The van der Waals surface area contributed by atoms with Crippen molar-refractivity contribution in [2.45, 2.75) is 0 Å². The lowest BCUT2D eigenvalue weighted by Crippen LogP contribution is -1.97. The zero-order chi connectivity index (χ0) is 11.5. The first-order valence-corrected chi connectivity index (χ1v) is 5.11.